The van der Waals surface area contributed by atoms with Gasteiger partial charge in [0.25, 0.3) is 5.91 Å². The summed E-state index contributed by atoms with van der Waals surface area (Å²) in [5.41, 5.74) is -0.150. The lowest BCUT2D eigenvalue weighted by molar-refractivity contribution is -0.120. The summed E-state index contributed by atoms with van der Waals surface area (Å²) in [6, 6.07) is 4.31. The Kier molecular flexibility index (Phi) is 4.26. The zero-order valence-electron chi connectivity index (χ0n) is 8.87. The number of hydrogen-bond donors (Lipinski definition) is 3. The highest BCUT2D eigenvalue weighted by Crippen LogP contribution is 1.89. The predicted molar refractivity (Wildman–Crippen MR) is 58.1 cm³/mol. The van der Waals surface area contributed by atoms with E-state index in [4.69, 9.17) is 0 Å². The van der Waals surface area contributed by atoms with Crippen LogP contribution in [0.4, 0.5) is 0 Å². The van der Waals surface area contributed by atoms with Crippen LogP contribution in [0.2, 0.25) is 0 Å². The molecule has 3 N–H and O–H groups in total. The Balaban J connectivity index is 2.47. The Labute approximate surface area is 92.1 Å². The highest BCUT2D eigenvalue weighted by Gasteiger charge is 2.05. The van der Waals surface area contributed by atoms with Crippen molar-refractivity contribution in [1.29, 1.82) is 0 Å². The molecule has 0 atom stereocenters. The molecule has 6 nitrogen and oxygen atoms in total. The minimum absolute atomic E-state index is 0.151. The SMILES string of the molecule is CNC(=O)CCNC(=O)c1cccc(=O)[nH]1. The van der Waals surface area contributed by atoms with Gasteiger partial charge < -0.3 is 15.6 Å². The number of carbonyl (C=O) groups is 2. The van der Waals surface area contributed by atoms with Gasteiger partial charge in [-0.15, -0.1) is 0 Å². The van der Waals surface area contributed by atoms with Crippen LogP contribution in [0.5, 0.6) is 0 Å². The Morgan fingerprint density at radius 3 is 2.75 bits per heavy atom. The number of aromatic amines is 1. The molecule has 16 heavy (non-hydrogen) atoms. The summed E-state index contributed by atoms with van der Waals surface area (Å²) in [7, 11) is 1.53. The van der Waals surface area contributed by atoms with E-state index in [0.717, 1.165) is 0 Å². The molecule has 1 heterocycles. The number of carbonyl (C=O) groups excluding carboxylic acids is 2. The summed E-state index contributed by atoms with van der Waals surface area (Å²) >= 11 is 0. The van der Waals surface area contributed by atoms with E-state index in [1.807, 2.05) is 0 Å². The van der Waals surface area contributed by atoms with Gasteiger partial charge in [0, 0.05) is 26.1 Å². The van der Waals surface area contributed by atoms with E-state index < -0.39 is 5.91 Å². The third-order valence-electron chi connectivity index (χ3n) is 1.93. The second-order valence-electron chi connectivity index (χ2n) is 3.11. The molecule has 0 aliphatic carbocycles. The molecular weight excluding hydrogens is 210 g/mol. The molecule has 1 aromatic rings. The summed E-state index contributed by atoms with van der Waals surface area (Å²) in [6.45, 7) is 0.232. The van der Waals surface area contributed by atoms with Crippen LogP contribution in [0.15, 0.2) is 23.0 Å². The van der Waals surface area contributed by atoms with Gasteiger partial charge in [0.05, 0.1) is 0 Å². The third-order valence-corrected chi connectivity index (χ3v) is 1.93. The van der Waals surface area contributed by atoms with E-state index in [0.29, 0.717) is 0 Å². The lowest BCUT2D eigenvalue weighted by Gasteiger charge is -2.03. The Morgan fingerprint density at radius 1 is 1.38 bits per heavy atom. The molecule has 0 fully saturated rings. The first-order valence-electron chi connectivity index (χ1n) is 4.81. The van der Waals surface area contributed by atoms with Gasteiger partial charge in [0.2, 0.25) is 11.5 Å². The molecule has 0 aromatic carbocycles. The van der Waals surface area contributed by atoms with Crippen molar-refractivity contribution in [2.45, 2.75) is 6.42 Å². The van der Waals surface area contributed by atoms with Crippen molar-refractivity contribution in [3.8, 4) is 0 Å². The monoisotopic (exact) mass is 223 g/mol. The van der Waals surface area contributed by atoms with E-state index in [-0.39, 0.29) is 30.1 Å². The Hall–Kier alpha value is -2.11. The smallest absolute Gasteiger partial charge is 0.267 e. The molecule has 86 valence electrons. The molecular formula is C10H13N3O3. The van der Waals surface area contributed by atoms with Crippen LogP contribution in [0, 0.1) is 0 Å². The third kappa shape index (κ3) is 3.56. The second kappa shape index (κ2) is 5.69. The average Bonchev–Trinajstić information content (AvgIpc) is 2.28. The van der Waals surface area contributed by atoms with Crippen molar-refractivity contribution in [1.82, 2.24) is 15.6 Å². The molecule has 0 saturated carbocycles. The number of amides is 2. The fraction of sp³-hybridized carbons (Fsp3) is 0.300. The molecule has 6 heteroatoms. The largest absolute Gasteiger partial charge is 0.359 e. The zero-order chi connectivity index (χ0) is 12.0. The minimum atomic E-state index is -0.401. The van der Waals surface area contributed by atoms with E-state index in [1.165, 1.54) is 25.2 Å². The van der Waals surface area contributed by atoms with Crippen molar-refractivity contribution in [2.24, 2.45) is 0 Å². The highest BCUT2D eigenvalue weighted by atomic mass is 16.2. The summed E-state index contributed by atoms with van der Waals surface area (Å²) in [6.07, 6.45) is 0.208. The van der Waals surface area contributed by atoms with Crippen LogP contribution in [0.3, 0.4) is 0 Å². The second-order valence-corrected chi connectivity index (χ2v) is 3.11. The van der Waals surface area contributed by atoms with Gasteiger partial charge in [-0.05, 0) is 6.07 Å². The Morgan fingerprint density at radius 2 is 2.12 bits per heavy atom. The number of aromatic nitrogens is 1. The average molecular weight is 223 g/mol. The highest BCUT2D eigenvalue weighted by molar-refractivity contribution is 5.92. The predicted octanol–water partition coefficient (Wildman–Crippen LogP) is -0.759. The fourth-order valence-corrected chi connectivity index (χ4v) is 1.09. The molecule has 0 radical (unpaired) electrons. The maximum Gasteiger partial charge on any atom is 0.267 e. The first kappa shape index (κ1) is 12.0. The topological polar surface area (TPSA) is 91.1 Å². The number of hydrogen-bond acceptors (Lipinski definition) is 3. The maximum atomic E-state index is 11.5. The van der Waals surface area contributed by atoms with Crippen molar-refractivity contribution in [3.05, 3.63) is 34.2 Å². The standard InChI is InChI=1S/C10H13N3O3/c1-11-8(14)5-6-12-10(16)7-3-2-4-9(15)13-7/h2-4H,5-6H2,1H3,(H,11,14)(H,12,16)(H,13,15). The fourth-order valence-electron chi connectivity index (χ4n) is 1.09. The number of H-pyrrole nitrogens is 1. The quantitative estimate of drug-likeness (QED) is 0.626. The summed E-state index contributed by atoms with van der Waals surface area (Å²) in [5, 5.41) is 4.96. The summed E-state index contributed by atoms with van der Waals surface area (Å²) in [4.78, 5) is 35.6. The van der Waals surface area contributed by atoms with Crippen molar-refractivity contribution < 1.29 is 9.59 Å². The van der Waals surface area contributed by atoms with Crippen LogP contribution >= 0.6 is 0 Å². The number of pyridine rings is 1. The van der Waals surface area contributed by atoms with Crippen LogP contribution in [0.25, 0.3) is 0 Å². The summed E-state index contributed by atoms with van der Waals surface area (Å²) in [5.74, 6) is -0.552. The first-order valence-corrected chi connectivity index (χ1v) is 4.81. The molecule has 0 bridgehead atoms. The van der Waals surface area contributed by atoms with Crippen LogP contribution < -0.4 is 16.2 Å². The van der Waals surface area contributed by atoms with E-state index >= 15 is 0 Å². The van der Waals surface area contributed by atoms with Gasteiger partial charge in [-0.2, -0.15) is 0 Å². The van der Waals surface area contributed by atoms with E-state index in [1.54, 1.807) is 0 Å². The normalized spacial score (nSPS) is 9.56. The van der Waals surface area contributed by atoms with Gasteiger partial charge in [0.15, 0.2) is 0 Å². The molecule has 0 spiro atoms. The molecule has 0 saturated heterocycles. The number of nitrogens with one attached hydrogen (secondary N) is 3. The van der Waals surface area contributed by atoms with Gasteiger partial charge in [-0.1, -0.05) is 6.07 Å². The first-order chi connectivity index (χ1) is 7.63. The van der Waals surface area contributed by atoms with Crippen LogP contribution in [0.1, 0.15) is 16.9 Å². The van der Waals surface area contributed by atoms with Crippen molar-refractivity contribution in [3.63, 3.8) is 0 Å². The Bertz CT molecular complexity index is 439. The molecule has 0 aliphatic heterocycles. The lowest BCUT2D eigenvalue weighted by atomic mass is 10.3. The molecule has 1 aromatic heterocycles. The maximum absolute atomic E-state index is 11.5. The number of rotatable bonds is 4. The molecule has 0 aliphatic rings. The van der Waals surface area contributed by atoms with Crippen molar-refractivity contribution in [2.75, 3.05) is 13.6 Å². The van der Waals surface area contributed by atoms with E-state index in [2.05, 4.69) is 15.6 Å². The van der Waals surface area contributed by atoms with Gasteiger partial charge in [0.1, 0.15) is 5.69 Å². The van der Waals surface area contributed by atoms with Crippen molar-refractivity contribution >= 4 is 11.8 Å². The van der Waals surface area contributed by atoms with Gasteiger partial charge >= 0.3 is 0 Å². The van der Waals surface area contributed by atoms with Crippen LogP contribution in [-0.4, -0.2) is 30.4 Å². The zero-order valence-corrected chi connectivity index (χ0v) is 8.87. The summed E-state index contributed by atoms with van der Waals surface area (Å²) < 4.78 is 0. The molecule has 2 amide bonds. The van der Waals surface area contributed by atoms with Gasteiger partial charge in [-0.3, -0.25) is 14.4 Å². The van der Waals surface area contributed by atoms with Gasteiger partial charge in [-0.25, -0.2) is 0 Å². The lowest BCUT2D eigenvalue weighted by Crippen LogP contribution is -2.30. The van der Waals surface area contributed by atoms with Crippen LogP contribution in [-0.2, 0) is 4.79 Å². The molecule has 1 rings (SSSR count). The minimum Gasteiger partial charge on any atom is -0.359 e. The van der Waals surface area contributed by atoms with E-state index in [9.17, 15) is 14.4 Å². The molecule has 0 unspecified atom stereocenters.